The summed E-state index contributed by atoms with van der Waals surface area (Å²) in [5.41, 5.74) is 2.69. The van der Waals surface area contributed by atoms with Crippen LogP contribution in [0.3, 0.4) is 0 Å². The van der Waals surface area contributed by atoms with Gasteiger partial charge in [0, 0.05) is 35.6 Å². The first-order valence-corrected chi connectivity index (χ1v) is 10.6. The molecule has 3 nitrogen and oxygen atoms in total. The van der Waals surface area contributed by atoms with E-state index in [9.17, 15) is 0 Å². The summed E-state index contributed by atoms with van der Waals surface area (Å²) in [4.78, 5) is 10.2. The first-order valence-electron chi connectivity index (χ1n) is 10.6. The van der Waals surface area contributed by atoms with Crippen molar-refractivity contribution in [3.05, 3.63) is 0 Å². The fourth-order valence-corrected chi connectivity index (χ4v) is 4.77. The second-order valence-electron chi connectivity index (χ2n) is 8.33. The Morgan fingerprint density at radius 2 is 1.00 bits per heavy atom. The summed E-state index contributed by atoms with van der Waals surface area (Å²) in [5, 5.41) is 3.87. The summed E-state index contributed by atoms with van der Waals surface area (Å²) < 4.78 is 0. The molecule has 0 aromatic rings. The molecule has 2 aliphatic carbocycles. The van der Waals surface area contributed by atoms with E-state index in [1.165, 1.54) is 94.9 Å². The van der Waals surface area contributed by atoms with Gasteiger partial charge in [0.05, 0.1) is 0 Å². The van der Waals surface area contributed by atoms with Gasteiger partial charge in [-0.3, -0.25) is 9.98 Å². The van der Waals surface area contributed by atoms with Gasteiger partial charge in [0.2, 0.25) is 0 Å². The van der Waals surface area contributed by atoms with Crippen LogP contribution in [-0.4, -0.2) is 35.6 Å². The van der Waals surface area contributed by atoms with E-state index in [4.69, 9.17) is 9.98 Å². The number of rotatable bonds is 4. The van der Waals surface area contributed by atoms with E-state index >= 15 is 0 Å². The van der Waals surface area contributed by atoms with Crippen molar-refractivity contribution in [1.82, 2.24) is 5.32 Å². The fraction of sp³-hybridized carbons (Fsp3) is 0.905. The van der Waals surface area contributed by atoms with Crippen molar-refractivity contribution in [2.45, 2.75) is 121 Å². The molecule has 0 spiro atoms. The van der Waals surface area contributed by atoms with Crippen LogP contribution in [-0.2, 0) is 0 Å². The lowest BCUT2D eigenvalue weighted by Crippen LogP contribution is -2.49. The molecule has 0 aromatic carbocycles. The molecule has 24 heavy (non-hydrogen) atoms. The van der Waals surface area contributed by atoms with Gasteiger partial charge in [-0.25, -0.2) is 0 Å². The molecule has 3 fully saturated rings. The van der Waals surface area contributed by atoms with E-state index < -0.39 is 0 Å². The third-order valence-corrected chi connectivity index (χ3v) is 6.32. The van der Waals surface area contributed by atoms with E-state index in [1.807, 2.05) is 0 Å². The predicted molar refractivity (Wildman–Crippen MR) is 105 cm³/mol. The molecule has 3 rings (SSSR count). The number of hydrogen-bond donors (Lipinski definition) is 1. The Kier molecular flexibility index (Phi) is 6.88. The van der Waals surface area contributed by atoms with Crippen LogP contribution in [0.15, 0.2) is 9.98 Å². The highest BCUT2D eigenvalue weighted by Gasteiger charge is 2.26. The highest BCUT2D eigenvalue weighted by Crippen LogP contribution is 2.24. The maximum atomic E-state index is 5.08. The third-order valence-electron chi connectivity index (χ3n) is 6.32. The molecule has 3 heteroatoms. The second-order valence-corrected chi connectivity index (χ2v) is 8.33. The SMILES string of the molecule is C/C(=N\C1CCCCC1)C1CCCC(/C(C)=N/C2CCCCC2)N1. The number of hydrogen-bond acceptors (Lipinski definition) is 3. The van der Waals surface area contributed by atoms with Crippen LogP contribution in [0.2, 0.25) is 0 Å². The van der Waals surface area contributed by atoms with Crippen molar-refractivity contribution in [3.63, 3.8) is 0 Å². The van der Waals surface area contributed by atoms with Gasteiger partial charge < -0.3 is 5.32 Å². The van der Waals surface area contributed by atoms with Crippen LogP contribution in [0.25, 0.3) is 0 Å². The van der Waals surface area contributed by atoms with Gasteiger partial charge >= 0.3 is 0 Å². The van der Waals surface area contributed by atoms with Gasteiger partial charge in [-0.2, -0.15) is 0 Å². The first kappa shape index (κ1) is 18.1. The Balaban J connectivity index is 1.56. The van der Waals surface area contributed by atoms with Crippen LogP contribution in [0.1, 0.15) is 97.3 Å². The van der Waals surface area contributed by atoms with Gasteiger partial charge in [-0.15, -0.1) is 0 Å². The van der Waals surface area contributed by atoms with E-state index in [1.54, 1.807) is 0 Å². The van der Waals surface area contributed by atoms with E-state index in [2.05, 4.69) is 19.2 Å². The molecule has 0 bridgehead atoms. The van der Waals surface area contributed by atoms with Crippen LogP contribution in [0, 0.1) is 0 Å². The molecule has 1 heterocycles. The minimum Gasteiger partial charge on any atom is -0.301 e. The Morgan fingerprint density at radius 3 is 1.42 bits per heavy atom. The Hall–Kier alpha value is -0.700. The lowest BCUT2D eigenvalue weighted by atomic mass is 9.91. The zero-order valence-corrected chi connectivity index (χ0v) is 15.9. The highest BCUT2D eigenvalue weighted by atomic mass is 15.0. The second kappa shape index (κ2) is 9.12. The number of piperidine rings is 1. The standard InChI is InChI=1S/C21H37N3/c1-16(22-18-10-5-3-6-11-18)20-14-9-15-21(24-20)17(2)23-19-12-7-4-8-13-19/h18-21,24H,3-15H2,1-2H3/b22-16+,23-17+. The third kappa shape index (κ3) is 5.15. The van der Waals surface area contributed by atoms with Crippen LogP contribution >= 0.6 is 0 Å². The Morgan fingerprint density at radius 1 is 0.583 bits per heavy atom. The molecule has 3 aliphatic rings. The largest absolute Gasteiger partial charge is 0.301 e. The molecule has 0 aromatic heterocycles. The van der Waals surface area contributed by atoms with Gasteiger partial charge in [0.25, 0.3) is 0 Å². The van der Waals surface area contributed by atoms with Gasteiger partial charge in [0.1, 0.15) is 0 Å². The average molecular weight is 332 g/mol. The quantitative estimate of drug-likeness (QED) is 0.716. The van der Waals surface area contributed by atoms with Crippen molar-refractivity contribution < 1.29 is 0 Å². The summed E-state index contributed by atoms with van der Waals surface area (Å²) in [5.74, 6) is 0. The molecule has 2 saturated carbocycles. The molecule has 0 radical (unpaired) electrons. The first-order chi connectivity index (χ1) is 11.7. The summed E-state index contributed by atoms with van der Waals surface area (Å²) in [6.45, 7) is 4.50. The average Bonchev–Trinajstić information content (AvgIpc) is 2.63. The number of nitrogens with one attached hydrogen (secondary N) is 1. The topological polar surface area (TPSA) is 36.8 Å². The van der Waals surface area contributed by atoms with Gasteiger partial charge in [-0.1, -0.05) is 38.5 Å². The molecule has 1 saturated heterocycles. The summed E-state index contributed by atoms with van der Waals surface area (Å²) >= 11 is 0. The number of aliphatic imine (C=N–C) groups is 2. The minimum atomic E-state index is 0.474. The molecule has 1 aliphatic heterocycles. The van der Waals surface area contributed by atoms with E-state index in [-0.39, 0.29) is 0 Å². The zero-order chi connectivity index (χ0) is 16.8. The van der Waals surface area contributed by atoms with E-state index in [0.717, 1.165) is 0 Å². The molecule has 136 valence electrons. The van der Waals surface area contributed by atoms with Crippen LogP contribution < -0.4 is 5.32 Å². The van der Waals surface area contributed by atoms with Crippen molar-refractivity contribution in [3.8, 4) is 0 Å². The van der Waals surface area contributed by atoms with Gasteiger partial charge in [-0.05, 0) is 58.8 Å². The van der Waals surface area contributed by atoms with Gasteiger partial charge in [0.15, 0.2) is 0 Å². The molecular weight excluding hydrogens is 294 g/mol. The van der Waals surface area contributed by atoms with Crippen molar-refractivity contribution >= 4 is 11.4 Å². The lowest BCUT2D eigenvalue weighted by molar-refractivity contribution is 0.410. The fourth-order valence-electron chi connectivity index (χ4n) is 4.77. The maximum absolute atomic E-state index is 5.08. The summed E-state index contributed by atoms with van der Waals surface area (Å²) in [7, 11) is 0. The summed E-state index contributed by atoms with van der Waals surface area (Å²) in [6.07, 6.45) is 17.3. The highest BCUT2D eigenvalue weighted by molar-refractivity contribution is 5.91. The van der Waals surface area contributed by atoms with Crippen molar-refractivity contribution in [2.24, 2.45) is 9.98 Å². The smallest absolute Gasteiger partial charge is 0.0499 e. The minimum absolute atomic E-state index is 0.474. The molecule has 2 atom stereocenters. The van der Waals surface area contributed by atoms with Crippen molar-refractivity contribution in [1.29, 1.82) is 0 Å². The Bertz CT molecular complexity index is 402. The molecule has 1 N–H and O–H groups in total. The zero-order valence-electron chi connectivity index (χ0n) is 15.9. The molecule has 2 unspecified atom stereocenters. The number of nitrogens with zero attached hydrogens (tertiary/aromatic N) is 2. The van der Waals surface area contributed by atoms with Crippen LogP contribution in [0.4, 0.5) is 0 Å². The normalized spacial score (nSPS) is 32.1. The monoisotopic (exact) mass is 331 g/mol. The molecule has 0 amide bonds. The molecular formula is C21H37N3. The van der Waals surface area contributed by atoms with Crippen LogP contribution in [0.5, 0.6) is 0 Å². The van der Waals surface area contributed by atoms with E-state index in [0.29, 0.717) is 24.2 Å². The lowest BCUT2D eigenvalue weighted by Gasteiger charge is -2.32. The Labute approximate surface area is 148 Å². The van der Waals surface area contributed by atoms with Crippen molar-refractivity contribution in [2.75, 3.05) is 0 Å². The summed E-state index contributed by atoms with van der Waals surface area (Å²) in [6, 6.07) is 2.14. The predicted octanol–water partition coefficient (Wildman–Crippen LogP) is 5.08. The maximum Gasteiger partial charge on any atom is 0.0499 e.